The maximum atomic E-state index is 12.4. The minimum atomic E-state index is -0.245. The molecule has 1 atom stereocenters. The molecule has 1 aliphatic heterocycles. The molecular formula is C16H18ClN5O2. The minimum absolute atomic E-state index is 0.00796. The summed E-state index contributed by atoms with van der Waals surface area (Å²) in [6, 6.07) is 7.26. The summed E-state index contributed by atoms with van der Waals surface area (Å²) < 4.78 is 0. The van der Waals surface area contributed by atoms with Crippen molar-refractivity contribution in [3.63, 3.8) is 0 Å². The number of carbonyl (C=O) groups excluding carboxylic acids is 2. The van der Waals surface area contributed by atoms with Crippen LogP contribution >= 0.6 is 11.6 Å². The van der Waals surface area contributed by atoms with Gasteiger partial charge in [-0.3, -0.25) is 20.0 Å². The molecule has 2 N–H and O–H groups in total. The van der Waals surface area contributed by atoms with Crippen LogP contribution in [0.2, 0.25) is 5.02 Å². The molecule has 0 saturated carbocycles. The highest BCUT2D eigenvalue weighted by Gasteiger charge is 2.27. The summed E-state index contributed by atoms with van der Waals surface area (Å²) in [5.41, 5.74) is 0.715. The molecule has 1 fully saturated rings. The Morgan fingerprint density at radius 1 is 1.38 bits per heavy atom. The van der Waals surface area contributed by atoms with Crippen molar-refractivity contribution in [3.8, 4) is 11.4 Å². The highest BCUT2D eigenvalue weighted by atomic mass is 35.5. The maximum absolute atomic E-state index is 12.4. The molecule has 1 aromatic carbocycles. The number of aromatic amines is 1. The van der Waals surface area contributed by atoms with Crippen LogP contribution in [0.1, 0.15) is 19.8 Å². The number of carbonyl (C=O) groups is 2. The van der Waals surface area contributed by atoms with Gasteiger partial charge in [-0.1, -0.05) is 23.7 Å². The van der Waals surface area contributed by atoms with Crippen molar-refractivity contribution in [1.82, 2.24) is 20.1 Å². The molecule has 0 radical (unpaired) electrons. The summed E-state index contributed by atoms with van der Waals surface area (Å²) in [4.78, 5) is 29.8. The van der Waals surface area contributed by atoms with Gasteiger partial charge >= 0.3 is 0 Å². The number of rotatable bonds is 3. The van der Waals surface area contributed by atoms with Gasteiger partial charge in [0.25, 0.3) is 0 Å². The number of nitrogens with zero attached hydrogens (tertiary/aromatic N) is 3. The van der Waals surface area contributed by atoms with Crippen LogP contribution in [-0.4, -0.2) is 45.0 Å². The average Bonchev–Trinajstić information content (AvgIpc) is 3.03. The molecule has 0 spiro atoms. The van der Waals surface area contributed by atoms with Crippen molar-refractivity contribution >= 4 is 29.4 Å². The van der Waals surface area contributed by atoms with Crippen molar-refractivity contribution in [2.45, 2.75) is 19.8 Å². The number of piperidine rings is 1. The van der Waals surface area contributed by atoms with E-state index in [4.69, 9.17) is 11.6 Å². The highest BCUT2D eigenvalue weighted by molar-refractivity contribution is 6.33. The first-order chi connectivity index (χ1) is 11.5. The highest BCUT2D eigenvalue weighted by Crippen LogP contribution is 2.25. The Balaban J connectivity index is 1.67. The predicted octanol–water partition coefficient (Wildman–Crippen LogP) is 2.32. The van der Waals surface area contributed by atoms with Crippen molar-refractivity contribution in [2.75, 3.05) is 18.4 Å². The number of aromatic nitrogens is 3. The number of halogens is 1. The van der Waals surface area contributed by atoms with Crippen LogP contribution in [-0.2, 0) is 9.59 Å². The second-order valence-electron chi connectivity index (χ2n) is 5.78. The normalized spacial score (nSPS) is 17.6. The Morgan fingerprint density at radius 2 is 2.17 bits per heavy atom. The van der Waals surface area contributed by atoms with E-state index in [0.717, 1.165) is 12.8 Å². The van der Waals surface area contributed by atoms with Crippen molar-refractivity contribution in [2.24, 2.45) is 5.92 Å². The van der Waals surface area contributed by atoms with Crippen LogP contribution < -0.4 is 5.32 Å². The van der Waals surface area contributed by atoms with Gasteiger partial charge in [0, 0.05) is 25.6 Å². The number of nitrogens with one attached hydrogen (secondary N) is 2. The molecule has 7 nitrogen and oxygen atoms in total. The molecule has 8 heteroatoms. The summed E-state index contributed by atoms with van der Waals surface area (Å²) in [6.45, 7) is 2.66. The fraction of sp³-hybridized carbons (Fsp3) is 0.375. The molecule has 24 heavy (non-hydrogen) atoms. The van der Waals surface area contributed by atoms with Crippen LogP contribution in [0.4, 0.5) is 5.95 Å². The van der Waals surface area contributed by atoms with Crippen molar-refractivity contribution in [1.29, 1.82) is 0 Å². The third kappa shape index (κ3) is 3.56. The van der Waals surface area contributed by atoms with Gasteiger partial charge in [-0.05, 0) is 25.0 Å². The molecule has 1 aromatic heterocycles. The van der Waals surface area contributed by atoms with Gasteiger partial charge in [0.1, 0.15) is 0 Å². The Kier molecular flexibility index (Phi) is 4.80. The molecule has 3 rings (SSSR count). The second-order valence-corrected chi connectivity index (χ2v) is 6.19. The Morgan fingerprint density at radius 3 is 2.92 bits per heavy atom. The zero-order chi connectivity index (χ0) is 17.1. The first-order valence-electron chi connectivity index (χ1n) is 7.78. The molecule has 1 unspecified atom stereocenters. The third-order valence-corrected chi connectivity index (χ3v) is 4.42. The molecule has 0 bridgehead atoms. The Bertz CT molecular complexity index is 760. The van der Waals surface area contributed by atoms with Gasteiger partial charge < -0.3 is 4.90 Å². The van der Waals surface area contributed by atoms with Gasteiger partial charge in [0.2, 0.25) is 17.8 Å². The summed E-state index contributed by atoms with van der Waals surface area (Å²) in [7, 11) is 0. The van der Waals surface area contributed by atoms with E-state index in [9.17, 15) is 9.59 Å². The number of benzene rings is 1. The molecule has 2 aromatic rings. The summed E-state index contributed by atoms with van der Waals surface area (Å²) in [6.07, 6.45) is 1.56. The molecule has 126 valence electrons. The fourth-order valence-electron chi connectivity index (χ4n) is 2.78. The number of amides is 2. The quantitative estimate of drug-likeness (QED) is 0.891. The van der Waals surface area contributed by atoms with E-state index in [1.165, 1.54) is 6.92 Å². The summed E-state index contributed by atoms with van der Waals surface area (Å²) in [5.74, 6) is 0.266. The number of anilines is 1. The molecule has 0 aliphatic carbocycles. The van der Waals surface area contributed by atoms with Gasteiger partial charge in [0.15, 0.2) is 5.82 Å². The number of H-pyrrole nitrogens is 1. The SMILES string of the molecule is CC(=O)N1CCCC(C(=O)Nc2n[nH]c(-c3ccccc3Cl)n2)C1. The molecule has 2 amide bonds. The molecule has 2 heterocycles. The van der Waals surface area contributed by atoms with Crippen LogP contribution in [0.5, 0.6) is 0 Å². The van der Waals surface area contributed by atoms with Crippen LogP contribution in [0.3, 0.4) is 0 Å². The van der Waals surface area contributed by atoms with E-state index in [-0.39, 0.29) is 23.7 Å². The standard InChI is InChI=1S/C16H18ClN5O2/c1-10(23)22-8-4-5-11(9-22)15(24)19-16-18-14(20-21-16)12-6-2-3-7-13(12)17/h2-3,6-7,11H,4-5,8-9H2,1H3,(H2,18,19,20,21,24). The van der Waals surface area contributed by atoms with Crippen LogP contribution in [0.15, 0.2) is 24.3 Å². The zero-order valence-corrected chi connectivity index (χ0v) is 14.0. The smallest absolute Gasteiger partial charge is 0.249 e. The van der Waals surface area contributed by atoms with Crippen LogP contribution in [0.25, 0.3) is 11.4 Å². The molecular weight excluding hydrogens is 330 g/mol. The average molecular weight is 348 g/mol. The van der Waals surface area contributed by atoms with Gasteiger partial charge in [-0.25, -0.2) is 0 Å². The van der Waals surface area contributed by atoms with E-state index in [2.05, 4.69) is 20.5 Å². The largest absolute Gasteiger partial charge is 0.342 e. The van der Waals surface area contributed by atoms with Gasteiger partial charge in [-0.15, -0.1) is 5.10 Å². The number of likely N-dealkylation sites (tertiary alicyclic amines) is 1. The maximum Gasteiger partial charge on any atom is 0.249 e. The van der Waals surface area contributed by atoms with E-state index in [1.807, 2.05) is 18.2 Å². The van der Waals surface area contributed by atoms with E-state index >= 15 is 0 Å². The Hall–Kier alpha value is -2.41. The van der Waals surface area contributed by atoms with Gasteiger partial charge in [0.05, 0.1) is 10.9 Å². The number of hydrogen-bond donors (Lipinski definition) is 2. The lowest BCUT2D eigenvalue weighted by Gasteiger charge is -2.30. The van der Waals surface area contributed by atoms with Crippen molar-refractivity contribution in [3.05, 3.63) is 29.3 Å². The summed E-state index contributed by atoms with van der Waals surface area (Å²) in [5, 5.41) is 10.0. The lowest BCUT2D eigenvalue weighted by atomic mass is 9.97. The zero-order valence-electron chi connectivity index (χ0n) is 13.3. The van der Waals surface area contributed by atoms with E-state index in [0.29, 0.717) is 29.5 Å². The lowest BCUT2D eigenvalue weighted by molar-refractivity contribution is -0.132. The van der Waals surface area contributed by atoms with Crippen molar-refractivity contribution < 1.29 is 9.59 Å². The molecule has 1 aliphatic rings. The Labute approximate surface area is 144 Å². The summed E-state index contributed by atoms with van der Waals surface area (Å²) >= 11 is 6.13. The predicted molar refractivity (Wildman–Crippen MR) is 90.4 cm³/mol. The second kappa shape index (κ2) is 7.00. The van der Waals surface area contributed by atoms with Crippen LogP contribution in [0, 0.1) is 5.92 Å². The molecule has 1 saturated heterocycles. The van der Waals surface area contributed by atoms with Gasteiger partial charge in [-0.2, -0.15) is 4.98 Å². The third-order valence-electron chi connectivity index (χ3n) is 4.09. The topological polar surface area (TPSA) is 91.0 Å². The first kappa shape index (κ1) is 16.4. The number of hydrogen-bond acceptors (Lipinski definition) is 4. The van der Waals surface area contributed by atoms with E-state index in [1.54, 1.807) is 11.0 Å². The van der Waals surface area contributed by atoms with E-state index < -0.39 is 0 Å². The lowest BCUT2D eigenvalue weighted by Crippen LogP contribution is -2.42. The first-order valence-corrected chi connectivity index (χ1v) is 8.16. The minimum Gasteiger partial charge on any atom is -0.342 e. The fourth-order valence-corrected chi connectivity index (χ4v) is 3.01. The monoisotopic (exact) mass is 347 g/mol.